The highest BCUT2D eigenvalue weighted by Crippen LogP contribution is 2.11. The SMILES string of the molecule is CCC(C)[C@@H](NC(=O)N1CCCC1)C(=O)O. The maximum atomic E-state index is 11.7. The lowest BCUT2D eigenvalue weighted by atomic mass is 9.99. The Morgan fingerprint density at radius 1 is 1.38 bits per heavy atom. The van der Waals surface area contributed by atoms with Crippen molar-refractivity contribution in [2.24, 2.45) is 5.92 Å². The second kappa shape index (κ2) is 5.72. The number of nitrogens with zero attached hydrogens (tertiary/aromatic N) is 1. The van der Waals surface area contributed by atoms with E-state index in [0.717, 1.165) is 32.4 Å². The van der Waals surface area contributed by atoms with Crippen LogP contribution in [0.5, 0.6) is 0 Å². The largest absolute Gasteiger partial charge is 0.480 e. The predicted octanol–water partition coefficient (Wildman–Crippen LogP) is 1.29. The molecular formula is C11H20N2O3. The Balaban J connectivity index is 2.53. The number of nitrogens with one attached hydrogen (secondary N) is 1. The number of amides is 2. The molecule has 16 heavy (non-hydrogen) atoms. The molecule has 0 aromatic carbocycles. The molecule has 5 nitrogen and oxygen atoms in total. The zero-order valence-electron chi connectivity index (χ0n) is 9.90. The highest BCUT2D eigenvalue weighted by molar-refractivity contribution is 5.82. The van der Waals surface area contributed by atoms with E-state index in [1.54, 1.807) is 4.90 Å². The zero-order chi connectivity index (χ0) is 12.1. The molecule has 1 aliphatic rings. The maximum absolute atomic E-state index is 11.7. The molecular weight excluding hydrogens is 208 g/mol. The Labute approximate surface area is 95.8 Å². The van der Waals surface area contributed by atoms with Gasteiger partial charge in [-0.1, -0.05) is 20.3 Å². The third kappa shape index (κ3) is 3.12. The second-order valence-corrected chi connectivity index (χ2v) is 4.35. The fourth-order valence-electron chi connectivity index (χ4n) is 1.83. The van der Waals surface area contributed by atoms with E-state index in [9.17, 15) is 9.59 Å². The van der Waals surface area contributed by atoms with Crippen LogP contribution in [0, 0.1) is 5.92 Å². The molecule has 2 amide bonds. The fraction of sp³-hybridized carbons (Fsp3) is 0.818. The number of aliphatic carboxylic acids is 1. The number of urea groups is 1. The number of carboxylic acid groups (broad SMARTS) is 1. The van der Waals surface area contributed by atoms with Crippen molar-refractivity contribution in [1.82, 2.24) is 10.2 Å². The minimum atomic E-state index is -0.957. The van der Waals surface area contributed by atoms with Gasteiger partial charge < -0.3 is 15.3 Å². The Bertz CT molecular complexity index is 262. The van der Waals surface area contributed by atoms with E-state index in [2.05, 4.69) is 5.32 Å². The van der Waals surface area contributed by atoms with Gasteiger partial charge in [-0.05, 0) is 18.8 Å². The number of likely N-dealkylation sites (tertiary alicyclic amines) is 1. The Morgan fingerprint density at radius 2 is 1.94 bits per heavy atom. The summed E-state index contributed by atoms with van der Waals surface area (Å²) in [7, 11) is 0. The van der Waals surface area contributed by atoms with E-state index in [-0.39, 0.29) is 11.9 Å². The Morgan fingerprint density at radius 3 is 2.38 bits per heavy atom. The maximum Gasteiger partial charge on any atom is 0.326 e. The molecule has 1 fully saturated rings. The van der Waals surface area contributed by atoms with E-state index < -0.39 is 12.0 Å². The fourth-order valence-corrected chi connectivity index (χ4v) is 1.83. The molecule has 0 bridgehead atoms. The van der Waals surface area contributed by atoms with Crippen LogP contribution in [0.3, 0.4) is 0 Å². The van der Waals surface area contributed by atoms with Crippen molar-refractivity contribution in [1.29, 1.82) is 0 Å². The lowest BCUT2D eigenvalue weighted by Crippen LogP contribution is -2.49. The van der Waals surface area contributed by atoms with E-state index in [0.29, 0.717) is 0 Å². The van der Waals surface area contributed by atoms with Crippen LogP contribution in [0.2, 0.25) is 0 Å². The monoisotopic (exact) mass is 228 g/mol. The number of hydrogen-bond acceptors (Lipinski definition) is 2. The minimum Gasteiger partial charge on any atom is -0.480 e. The van der Waals surface area contributed by atoms with E-state index >= 15 is 0 Å². The van der Waals surface area contributed by atoms with Gasteiger partial charge in [0.25, 0.3) is 0 Å². The van der Waals surface area contributed by atoms with Crippen LogP contribution in [-0.2, 0) is 4.79 Å². The first-order valence-electron chi connectivity index (χ1n) is 5.84. The molecule has 0 saturated carbocycles. The number of rotatable bonds is 4. The van der Waals surface area contributed by atoms with Crippen molar-refractivity contribution in [3.05, 3.63) is 0 Å². The molecule has 0 aromatic rings. The number of carbonyl (C=O) groups is 2. The lowest BCUT2D eigenvalue weighted by molar-refractivity contribution is -0.140. The highest BCUT2D eigenvalue weighted by atomic mass is 16.4. The molecule has 0 aromatic heterocycles. The summed E-state index contributed by atoms with van der Waals surface area (Å²) >= 11 is 0. The third-order valence-electron chi connectivity index (χ3n) is 3.15. The first-order valence-corrected chi connectivity index (χ1v) is 5.84. The van der Waals surface area contributed by atoms with E-state index in [1.165, 1.54) is 0 Å². The van der Waals surface area contributed by atoms with Crippen LogP contribution in [0.25, 0.3) is 0 Å². The Kier molecular flexibility index (Phi) is 4.58. The Hall–Kier alpha value is -1.26. The standard InChI is InChI=1S/C11H20N2O3/c1-3-8(2)9(10(14)15)12-11(16)13-6-4-5-7-13/h8-9H,3-7H2,1-2H3,(H,12,16)(H,14,15)/t8?,9-/m1/s1. The molecule has 1 aliphatic heterocycles. The number of hydrogen-bond donors (Lipinski definition) is 2. The quantitative estimate of drug-likeness (QED) is 0.761. The average Bonchev–Trinajstić information content (AvgIpc) is 2.77. The number of carboxylic acids is 1. The van der Waals surface area contributed by atoms with Gasteiger partial charge >= 0.3 is 12.0 Å². The van der Waals surface area contributed by atoms with Crippen LogP contribution in [0.1, 0.15) is 33.1 Å². The number of carbonyl (C=O) groups excluding carboxylic acids is 1. The molecule has 0 aliphatic carbocycles. The minimum absolute atomic E-state index is 0.0518. The van der Waals surface area contributed by atoms with Gasteiger partial charge in [-0.15, -0.1) is 0 Å². The van der Waals surface area contributed by atoms with Crippen LogP contribution in [0.15, 0.2) is 0 Å². The summed E-state index contributed by atoms with van der Waals surface area (Å²) in [4.78, 5) is 24.4. The summed E-state index contributed by atoms with van der Waals surface area (Å²) in [5.74, 6) is -1.01. The summed E-state index contributed by atoms with van der Waals surface area (Å²) < 4.78 is 0. The highest BCUT2D eigenvalue weighted by Gasteiger charge is 2.28. The van der Waals surface area contributed by atoms with Gasteiger partial charge in [0.1, 0.15) is 6.04 Å². The van der Waals surface area contributed by atoms with Gasteiger partial charge in [0.05, 0.1) is 0 Å². The van der Waals surface area contributed by atoms with Gasteiger partial charge in [-0.2, -0.15) is 0 Å². The van der Waals surface area contributed by atoms with Crippen molar-refractivity contribution in [3.8, 4) is 0 Å². The lowest BCUT2D eigenvalue weighted by Gasteiger charge is -2.23. The van der Waals surface area contributed by atoms with Gasteiger partial charge in [0.15, 0.2) is 0 Å². The van der Waals surface area contributed by atoms with Crippen LogP contribution in [0.4, 0.5) is 4.79 Å². The average molecular weight is 228 g/mol. The van der Waals surface area contributed by atoms with Crippen LogP contribution in [-0.4, -0.2) is 41.1 Å². The van der Waals surface area contributed by atoms with Crippen molar-refractivity contribution < 1.29 is 14.7 Å². The molecule has 0 radical (unpaired) electrons. The van der Waals surface area contributed by atoms with Crippen LogP contribution >= 0.6 is 0 Å². The van der Waals surface area contributed by atoms with Crippen molar-refractivity contribution in [2.45, 2.75) is 39.2 Å². The van der Waals surface area contributed by atoms with E-state index in [1.807, 2.05) is 13.8 Å². The molecule has 1 saturated heterocycles. The molecule has 1 heterocycles. The summed E-state index contributed by atoms with van der Waals surface area (Å²) in [5.41, 5.74) is 0. The topological polar surface area (TPSA) is 69.6 Å². The summed E-state index contributed by atoms with van der Waals surface area (Å²) in [5, 5.41) is 11.6. The van der Waals surface area contributed by atoms with Crippen molar-refractivity contribution in [3.63, 3.8) is 0 Å². The molecule has 1 rings (SSSR count). The molecule has 0 spiro atoms. The molecule has 1 unspecified atom stereocenters. The van der Waals surface area contributed by atoms with E-state index in [4.69, 9.17) is 5.11 Å². The van der Waals surface area contributed by atoms with Crippen LogP contribution < -0.4 is 5.32 Å². The summed E-state index contributed by atoms with van der Waals surface area (Å²) in [6, 6.07) is -1.02. The second-order valence-electron chi connectivity index (χ2n) is 4.35. The first-order chi connectivity index (χ1) is 7.56. The van der Waals surface area contributed by atoms with Gasteiger partial charge in [0.2, 0.25) is 0 Å². The molecule has 92 valence electrons. The predicted molar refractivity (Wildman–Crippen MR) is 60.2 cm³/mol. The molecule has 2 atom stereocenters. The smallest absolute Gasteiger partial charge is 0.326 e. The molecule has 5 heteroatoms. The van der Waals surface area contributed by atoms with Gasteiger partial charge in [-0.25, -0.2) is 9.59 Å². The molecule has 2 N–H and O–H groups in total. The van der Waals surface area contributed by atoms with Gasteiger partial charge in [-0.3, -0.25) is 0 Å². The van der Waals surface area contributed by atoms with Gasteiger partial charge in [0, 0.05) is 13.1 Å². The first kappa shape index (κ1) is 12.8. The normalized spacial score (nSPS) is 19.2. The van der Waals surface area contributed by atoms with Crippen molar-refractivity contribution in [2.75, 3.05) is 13.1 Å². The zero-order valence-corrected chi connectivity index (χ0v) is 9.90. The third-order valence-corrected chi connectivity index (χ3v) is 3.15. The summed E-state index contributed by atoms with van der Waals surface area (Å²) in [6.45, 7) is 5.23. The van der Waals surface area contributed by atoms with Crippen molar-refractivity contribution >= 4 is 12.0 Å². The summed E-state index contributed by atoms with van der Waals surface area (Å²) in [6.07, 6.45) is 2.75.